The van der Waals surface area contributed by atoms with Crippen LogP contribution in [0.25, 0.3) is 0 Å². The second kappa shape index (κ2) is 12.9. The summed E-state index contributed by atoms with van der Waals surface area (Å²) in [7, 11) is 0. The molecule has 0 unspecified atom stereocenters. The molecule has 0 fully saturated rings. The summed E-state index contributed by atoms with van der Waals surface area (Å²) < 4.78 is 5.01. The van der Waals surface area contributed by atoms with E-state index in [1.807, 2.05) is 0 Å². The van der Waals surface area contributed by atoms with Crippen LogP contribution in [0.15, 0.2) is 0 Å². The van der Waals surface area contributed by atoms with Crippen LogP contribution in [0.4, 0.5) is 0 Å². The lowest BCUT2D eigenvalue weighted by molar-refractivity contribution is -0.144. The van der Waals surface area contributed by atoms with E-state index >= 15 is 0 Å². The summed E-state index contributed by atoms with van der Waals surface area (Å²) in [6, 6.07) is -0.492. The zero-order valence-corrected chi connectivity index (χ0v) is 12.2. The van der Waals surface area contributed by atoms with Gasteiger partial charge in [0.15, 0.2) is 0 Å². The van der Waals surface area contributed by atoms with Gasteiger partial charge in [-0.3, -0.25) is 4.79 Å². The van der Waals surface area contributed by atoms with E-state index in [1.165, 1.54) is 51.4 Å². The Morgan fingerprint density at radius 2 is 1.39 bits per heavy atom. The molecule has 0 spiro atoms. The Kier molecular flexibility index (Phi) is 12.5. The predicted molar refractivity (Wildman–Crippen MR) is 76.5 cm³/mol. The van der Waals surface area contributed by atoms with E-state index in [-0.39, 0.29) is 5.97 Å². The van der Waals surface area contributed by atoms with Crippen molar-refractivity contribution in [2.75, 3.05) is 6.61 Å². The highest BCUT2D eigenvalue weighted by Gasteiger charge is 2.07. The second-order valence-corrected chi connectivity index (χ2v) is 5.14. The van der Waals surface area contributed by atoms with Crippen molar-refractivity contribution >= 4 is 5.97 Å². The van der Waals surface area contributed by atoms with Gasteiger partial charge in [-0.15, -0.1) is 0 Å². The number of esters is 1. The topological polar surface area (TPSA) is 52.3 Å². The van der Waals surface area contributed by atoms with E-state index in [0.717, 1.165) is 12.8 Å². The van der Waals surface area contributed by atoms with Gasteiger partial charge in [-0.05, 0) is 13.3 Å². The van der Waals surface area contributed by atoms with Crippen molar-refractivity contribution in [1.29, 1.82) is 0 Å². The van der Waals surface area contributed by atoms with Crippen molar-refractivity contribution < 1.29 is 9.53 Å². The van der Waals surface area contributed by atoms with Crippen LogP contribution in [0, 0.1) is 0 Å². The normalized spacial score (nSPS) is 12.4. The maximum atomic E-state index is 11.1. The molecule has 0 aromatic rings. The molecule has 0 saturated carbocycles. The Balaban J connectivity index is 3.05. The predicted octanol–water partition coefficient (Wildman–Crippen LogP) is 3.80. The van der Waals surface area contributed by atoms with Crippen LogP contribution in [0.1, 0.15) is 78.1 Å². The van der Waals surface area contributed by atoms with Crippen LogP contribution in [-0.4, -0.2) is 18.6 Å². The summed E-state index contributed by atoms with van der Waals surface area (Å²) in [4.78, 5) is 11.1. The summed E-state index contributed by atoms with van der Waals surface area (Å²) in [6.45, 7) is 4.43. The largest absolute Gasteiger partial charge is 0.465 e. The van der Waals surface area contributed by atoms with Gasteiger partial charge >= 0.3 is 5.97 Å². The first-order valence-corrected chi connectivity index (χ1v) is 7.60. The summed E-state index contributed by atoms with van der Waals surface area (Å²) in [5.74, 6) is -0.286. The first kappa shape index (κ1) is 17.4. The van der Waals surface area contributed by atoms with E-state index in [0.29, 0.717) is 6.61 Å². The third-order valence-corrected chi connectivity index (χ3v) is 3.11. The average molecular weight is 257 g/mol. The Bertz CT molecular complexity index is 193. The molecule has 0 aromatic carbocycles. The van der Waals surface area contributed by atoms with Crippen molar-refractivity contribution in [3.8, 4) is 0 Å². The molecule has 0 heterocycles. The molecule has 0 aliphatic rings. The first-order valence-electron chi connectivity index (χ1n) is 7.60. The third kappa shape index (κ3) is 11.9. The van der Waals surface area contributed by atoms with Crippen molar-refractivity contribution in [2.24, 2.45) is 5.73 Å². The molecule has 0 bridgehead atoms. The quantitative estimate of drug-likeness (QED) is 0.427. The van der Waals surface area contributed by atoms with E-state index in [9.17, 15) is 4.79 Å². The minimum Gasteiger partial charge on any atom is -0.465 e. The van der Waals surface area contributed by atoms with Gasteiger partial charge in [-0.1, -0.05) is 64.7 Å². The smallest absolute Gasteiger partial charge is 0.322 e. The van der Waals surface area contributed by atoms with Crippen LogP contribution in [0.3, 0.4) is 0 Å². The number of unbranched alkanes of at least 4 members (excludes halogenated alkanes) is 9. The van der Waals surface area contributed by atoms with Crippen molar-refractivity contribution in [1.82, 2.24) is 0 Å². The van der Waals surface area contributed by atoms with Gasteiger partial charge in [0.25, 0.3) is 0 Å². The molecule has 0 radical (unpaired) electrons. The molecule has 1 atom stereocenters. The van der Waals surface area contributed by atoms with Gasteiger partial charge in [0.2, 0.25) is 0 Å². The van der Waals surface area contributed by atoms with Crippen LogP contribution in [-0.2, 0) is 9.53 Å². The van der Waals surface area contributed by atoms with E-state index in [1.54, 1.807) is 6.92 Å². The third-order valence-electron chi connectivity index (χ3n) is 3.11. The fraction of sp³-hybridized carbons (Fsp3) is 0.933. The summed E-state index contributed by atoms with van der Waals surface area (Å²) in [6.07, 6.45) is 12.9. The number of hydrogen-bond acceptors (Lipinski definition) is 3. The Morgan fingerprint density at radius 3 is 1.83 bits per heavy atom. The molecular formula is C15H31NO2. The molecule has 0 aromatic heterocycles. The number of nitrogens with two attached hydrogens (primary N) is 1. The van der Waals surface area contributed by atoms with Gasteiger partial charge in [-0.25, -0.2) is 0 Å². The molecule has 0 saturated heterocycles. The standard InChI is InChI=1S/C15H31NO2/c1-3-4-5-6-7-8-9-10-11-12-13-18-15(17)14(2)16/h14H,3-13,16H2,1-2H3/t14-/m1/s1. The average Bonchev–Trinajstić information content (AvgIpc) is 2.35. The number of ether oxygens (including phenoxy) is 1. The van der Waals surface area contributed by atoms with Crippen LogP contribution in [0.2, 0.25) is 0 Å². The minimum absolute atomic E-state index is 0.286. The molecular weight excluding hydrogens is 226 g/mol. The molecule has 0 aliphatic heterocycles. The molecule has 3 nitrogen and oxygen atoms in total. The van der Waals surface area contributed by atoms with Crippen LogP contribution < -0.4 is 5.73 Å². The lowest BCUT2D eigenvalue weighted by Gasteiger charge is -2.06. The number of carbonyl (C=O) groups excluding carboxylic acids is 1. The maximum Gasteiger partial charge on any atom is 0.322 e. The van der Waals surface area contributed by atoms with Crippen molar-refractivity contribution in [3.63, 3.8) is 0 Å². The molecule has 2 N–H and O–H groups in total. The van der Waals surface area contributed by atoms with Gasteiger partial charge in [0, 0.05) is 0 Å². The summed E-state index contributed by atoms with van der Waals surface area (Å²) >= 11 is 0. The fourth-order valence-electron chi connectivity index (χ4n) is 1.89. The van der Waals surface area contributed by atoms with Crippen LogP contribution in [0.5, 0.6) is 0 Å². The lowest BCUT2D eigenvalue weighted by Crippen LogP contribution is -2.28. The van der Waals surface area contributed by atoms with Crippen molar-refractivity contribution in [2.45, 2.75) is 84.1 Å². The maximum absolute atomic E-state index is 11.1. The van der Waals surface area contributed by atoms with E-state index in [2.05, 4.69) is 6.92 Å². The summed E-state index contributed by atoms with van der Waals surface area (Å²) in [5, 5.41) is 0. The molecule has 0 aliphatic carbocycles. The fourth-order valence-corrected chi connectivity index (χ4v) is 1.89. The Labute approximate surface area is 112 Å². The zero-order valence-electron chi connectivity index (χ0n) is 12.2. The lowest BCUT2D eigenvalue weighted by atomic mass is 10.1. The van der Waals surface area contributed by atoms with Gasteiger partial charge in [0.05, 0.1) is 6.61 Å². The van der Waals surface area contributed by atoms with Gasteiger partial charge in [-0.2, -0.15) is 0 Å². The first-order chi connectivity index (χ1) is 8.68. The number of carbonyl (C=O) groups is 1. The van der Waals surface area contributed by atoms with Crippen molar-refractivity contribution in [3.05, 3.63) is 0 Å². The molecule has 18 heavy (non-hydrogen) atoms. The number of rotatable bonds is 12. The summed E-state index contributed by atoms with van der Waals surface area (Å²) in [5.41, 5.74) is 5.39. The highest BCUT2D eigenvalue weighted by atomic mass is 16.5. The van der Waals surface area contributed by atoms with Gasteiger partial charge < -0.3 is 10.5 Å². The van der Waals surface area contributed by atoms with E-state index in [4.69, 9.17) is 10.5 Å². The second-order valence-electron chi connectivity index (χ2n) is 5.14. The Morgan fingerprint density at radius 1 is 0.944 bits per heavy atom. The SMILES string of the molecule is CCCCCCCCCCCCOC(=O)[C@@H](C)N. The molecule has 0 rings (SSSR count). The molecule has 108 valence electrons. The highest BCUT2D eigenvalue weighted by Crippen LogP contribution is 2.10. The molecule has 3 heteroatoms. The van der Waals surface area contributed by atoms with E-state index < -0.39 is 6.04 Å². The zero-order chi connectivity index (χ0) is 13.6. The Hall–Kier alpha value is -0.570. The van der Waals surface area contributed by atoms with Crippen LogP contribution >= 0.6 is 0 Å². The molecule has 0 amide bonds. The highest BCUT2D eigenvalue weighted by molar-refractivity contribution is 5.74. The minimum atomic E-state index is -0.492. The van der Waals surface area contributed by atoms with Gasteiger partial charge in [0.1, 0.15) is 6.04 Å². The monoisotopic (exact) mass is 257 g/mol. The number of hydrogen-bond donors (Lipinski definition) is 1.